The molecule has 5 heteroatoms. The van der Waals surface area contributed by atoms with Crippen molar-refractivity contribution in [2.45, 2.75) is 25.0 Å². The van der Waals surface area contributed by atoms with Crippen molar-refractivity contribution in [3.05, 3.63) is 42.5 Å². The predicted octanol–water partition coefficient (Wildman–Crippen LogP) is 2.82. The Balaban J connectivity index is 1.33. The van der Waals surface area contributed by atoms with Crippen LogP contribution in [0, 0.1) is 0 Å². The molecule has 2 N–H and O–H groups in total. The minimum absolute atomic E-state index is 0.0811. The number of benzene rings is 2. The quantitative estimate of drug-likeness (QED) is 0.909. The van der Waals surface area contributed by atoms with Crippen LogP contribution in [0.4, 0.5) is 10.5 Å². The third-order valence-electron chi connectivity index (χ3n) is 4.76. The van der Waals surface area contributed by atoms with Gasteiger partial charge in [0.05, 0.1) is 18.4 Å². The minimum atomic E-state index is -0.182. The van der Waals surface area contributed by atoms with Gasteiger partial charge in [0.15, 0.2) is 0 Å². The molecule has 1 aliphatic heterocycles. The fourth-order valence-electron chi connectivity index (χ4n) is 3.34. The maximum atomic E-state index is 12.2. The van der Waals surface area contributed by atoms with Gasteiger partial charge in [-0.25, -0.2) is 4.79 Å². The van der Waals surface area contributed by atoms with Gasteiger partial charge in [-0.15, -0.1) is 0 Å². The van der Waals surface area contributed by atoms with E-state index in [0.717, 1.165) is 42.2 Å². The van der Waals surface area contributed by atoms with Crippen LogP contribution < -0.4 is 10.6 Å². The zero-order chi connectivity index (χ0) is 16.4. The van der Waals surface area contributed by atoms with Crippen LogP contribution >= 0.6 is 0 Å². The number of carbonyl (C=O) groups is 1. The second-order valence-electron chi connectivity index (χ2n) is 6.58. The molecule has 5 nitrogen and oxygen atoms in total. The van der Waals surface area contributed by atoms with Crippen molar-refractivity contribution in [2.24, 2.45) is 0 Å². The highest BCUT2D eigenvalue weighted by Gasteiger charge is 2.32. The molecule has 0 unspecified atom stereocenters. The summed E-state index contributed by atoms with van der Waals surface area (Å²) in [6.45, 7) is 3.23. The molecule has 2 aromatic carbocycles. The molecule has 126 valence electrons. The number of carbonyl (C=O) groups excluding carboxylic acids is 1. The lowest BCUT2D eigenvalue weighted by Crippen LogP contribution is -2.48. The lowest BCUT2D eigenvalue weighted by Gasteiger charge is -2.33. The molecular weight excluding hydrogens is 302 g/mol. The van der Waals surface area contributed by atoms with Gasteiger partial charge in [0.25, 0.3) is 0 Å². The highest BCUT2D eigenvalue weighted by atomic mass is 16.5. The van der Waals surface area contributed by atoms with Gasteiger partial charge in [0.2, 0.25) is 0 Å². The second kappa shape index (κ2) is 6.79. The SMILES string of the molecule is O=C(NC[C@@H]1CN(C2CC2)CCO1)Nc1cccc2ccccc12. The number of nitrogens with one attached hydrogen (secondary N) is 2. The number of amides is 2. The summed E-state index contributed by atoms with van der Waals surface area (Å²) in [4.78, 5) is 14.7. The normalized spacial score (nSPS) is 21.6. The van der Waals surface area contributed by atoms with Crippen molar-refractivity contribution in [3.8, 4) is 0 Å². The second-order valence-corrected chi connectivity index (χ2v) is 6.58. The van der Waals surface area contributed by atoms with E-state index in [9.17, 15) is 4.79 Å². The van der Waals surface area contributed by atoms with Gasteiger partial charge in [0, 0.05) is 31.1 Å². The Kier molecular flexibility index (Phi) is 4.36. The van der Waals surface area contributed by atoms with Crippen molar-refractivity contribution in [1.29, 1.82) is 0 Å². The highest BCUT2D eigenvalue weighted by Crippen LogP contribution is 2.28. The molecule has 2 amide bonds. The number of hydrogen-bond acceptors (Lipinski definition) is 3. The average Bonchev–Trinajstić information content (AvgIpc) is 3.46. The molecule has 2 aliphatic rings. The maximum absolute atomic E-state index is 12.2. The summed E-state index contributed by atoms with van der Waals surface area (Å²) in [5.74, 6) is 0. The van der Waals surface area contributed by atoms with Crippen molar-refractivity contribution in [2.75, 3.05) is 31.6 Å². The van der Waals surface area contributed by atoms with Gasteiger partial charge in [-0.2, -0.15) is 0 Å². The van der Waals surface area contributed by atoms with Crippen molar-refractivity contribution >= 4 is 22.5 Å². The van der Waals surface area contributed by atoms with E-state index in [1.54, 1.807) is 0 Å². The number of rotatable bonds is 4. The highest BCUT2D eigenvalue weighted by molar-refractivity contribution is 6.01. The lowest BCUT2D eigenvalue weighted by atomic mass is 10.1. The molecule has 0 radical (unpaired) electrons. The molecule has 1 saturated heterocycles. The smallest absolute Gasteiger partial charge is 0.319 e. The summed E-state index contributed by atoms with van der Waals surface area (Å²) in [5.41, 5.74) is 0.828. The standard InChI is InChI=1S/C19H23N3O2/c23-19(20-12-16-13-22(10-11-24-16)15-8-9-15)21-18-7-3-5-14-4-1-2-6-17(14)18/h1-7,15-16H,8-13H2,(H2,20,21,23)/t16-/m1/s1. The fourth-order valence-corrected chi connectivity index (χ4v) is 3.34. The first kappa shape index (κ1) is 15.4. The van der Waals surface area contributed by atoms with E-state index < -0.39 is 0 Å². The van der Waals surface area contributed by atoms with E-state index in [0.29, 0.717) is 6.54 Å². The first-order chi connectivity index (χ1) is 11.8. The summed E-state index contributed by atoms with van der Waals surface area (Å²) < 4.78 is 5.77. The van der Waals surface area contributed by atoms with Crippen molar-refractivity contribution < 1.29 is 9.53 Å². The van der Waals surface area contributed by atoms with Crippen LogP contribution in [0.1, 0.15) is 12.8 Å². The van der Waals surface area contributed by atoms with Crippen LogP contribution in [0.5, 0.6) is 0 Å². The molecule has 0 spiro atoms. The Morgan fingerprint density at radius 1 is 1.17 bits per heavy atom. The van der Waals surface area contributed by atoms with Gasteiger partial charge >= 0.3 is 6.03 Å². The molecule has 1 saturated carbocycles. The summed E-state index contributed by atoms with van der Waals surface area (Å²) >= 11 is 0. The molecule has 1 heterocycles. The van der Waals surface area contributed by atoms with Crippen LogP contribution in [0.3, 0.4) is 0 Å². The number of fused-ring (bicyclic) bond motifs is 1. The minimum Gasteiger partial charge on any atom is -0.374 e. The Morgan fingerprint density at radius 3 is 2.88 bits per heavy atom. The zero-order valence-corrected chi connectivity index (χ0v) is 13.7. The molecule has 0 bridgehead atoms. The van der Waals surface area contributed by atoms with E-state index in [1.165, 1.54) is 12.8 Å². The van der Waals surface area contributed by atoms with Crippen LogP contribution in [-0.4, -0.2) is 49.3 Å². The third kappa shape index (κ3) is 3.52. The summed E-state index contributed by atoms with van der Waals surface area (Å²) in [6, 6.07) is 14.5. The van der Waals surface area contributed by atoms with Crippen LogP contribution in [0.15, 0.2) is 42.5 Å². The van der Waals surface area contributed by atoms with E-state index in [2.05, 4.69) is 15.5 Å². The Bertz CT molecular complexity index is 724. The number of hydrogen-bond donors (Lipinski definition) is 2. The topological polar surface area (TPSA) is 53.6 Å². The van der Waals surface area contributed by atoms with E-state index in [-0.39, 0.29) is 12.1 Å². The van der Waals surface area contributed by atoms with Gasteiger partial charge in [0.1, 0.15) is 0 Å². The predicted molar refractivity (Wildman–Crippen MR) is 95.3 cm³/mol. The van der Waals surface area contributed by atoms with Gasteiger partial charge in [-0.1, -0.05) is 36.4 Å². The van der Waals surface area contributed by atoms with E-state index >= 15 is 0 Å². The molecule has 1 aliphatic carbocycles. The monoisotopic (exact) mass is 325 g/mol. The van der Waals surface area contributed by atoms with Crippen LogP contribution in [0.25, 0.3) is 10.8 Å². The van der Waals surface area contributed by atoms with E-state index in [1.807, 2.05) is 42.5 Å². The Labute approximate surface area is 142 Å². The third-order valence-corrected chi connectivity index (χ3v) is 4.76. The van der Waals surface area contributed by atoms with Gasteiger partial charge in [-0.05, 0) is 24.3 Å². The maximum Gasteiger partial charge on any atom is 0.319 e. The number of urea groups is 1. The summed E-state index contributed by atoms with van der Waals surface area (Å²) in [5, 5.41) is 8.06. The largest absolute Gasteiger partial charge is 0.374 e. The number of anilines is 1. The number of ether oxygens (including phenoxy) is 1. The molecule has 4 rings (SSSR count). The number of morpholine rings is 1. The first-order valence-corrected chi connectivity index (χ1v) is 8.68. The molecule has 24 heavy (non-hydrogen) atoms. The Morgan fingerprint density at radius 2 is 2.00 bits per heavy atom. The van der Waals surface area contributed by atoms with Gasteiger partial charge in [-0.3, -0.25) is 4.90 Å². The van der Waals surface area contributed by atoms with Crippen molar-refractivity contribution in [3.63, 3.8) is 0 Å². The summed E-state index contributed by atoms with van der Waals surface area (Å²) in [6.07, 6.45) is 2.70. The molecular formula is C19H23N3O2. The van der Waals surface area contributed by atoms with E-state index in [4.69, 9.17) is 4.74 Å². The van der Waals surface area contributed by atoms with Gasteiger partial charge < -0.3 is 15.4 Å². The Hall–Kier alpha value is -2.11. The molecule has 1 atom stereocenters. The number of nitrogens with zero attached hydrogens (tertiary/aromatic N) is 1. The molecule has 2 aromatic rings. The van der Waals surface area contributed by atoms with Crippen LogP contribution in [-0.2, 0) is 4.74 Å². The molecule has 0 aromatic heterocycles. The zero-order valence-electron chi connectivity index (χ0n) is 13.7. The van der Waals surface area contributed by atoms with Crippen molar-refractivity contribution in [1.82, 2.24) is 10.2 Å². The summed E-state index contributed by atoms with van der Waals surface area (Å²) in [7, 11) is 0. The molecule has 2 fully saturated rings. The fraction of sp³-hybridized carbons (Fsp3) is 0.421. The van der Waals surface area contributed by atoms with Crippen LogP contribution in [0.2, 0.25) is 0 Å². The lowest BCUT2D eigenvalue weighted by molar-refractivity contribution is -0.0286. The average molecular weight is 325 g/mol. The first-order valence-electron chi connectivity index (χ1n) is 8.68.